The van der Waals surface area contributed by atoms with Crippen LogP contribution in [-0.2, 0) is 21.7 Å². The molecule has 0 unspecified atom stereocenters. The lowest BCUT2D eigenvalue weighted by Gasteiger charge is -2.32. The van der Waals surface area contributed by atoms with Crippen molar-refractivity contribution >= 4 is 0 Å². The molecule has 522 valence electrons. The molecule has 0 fully saturated rings. The summed E-state index contributed by atoms with van der Waals surface area (Å²) in [6, 6.07) is 13.8. The van der Waals surface area contributed by atoms with Crippen molar-refractivity contribution in [1.29, 1.82) is 0 Å². The van der Waals surface area contributed by atoms with E-state index >= 15 is 0 Å². The molecule has 0 aromatic heterocycles. The number of hydrogen-bond acceptors (Lipinski definition) is 0. The Morgan fingerprint density at radius 1 is 0.266 bits per heavy atom. The van der Waals surface area contributed by atoms with Crippen LogP contribution in [0.2, 0.25) is 0 Å². The number of aryl methyl sites for hydroxylation is 10. The van der Waals surface area contributed by atoms with Crippen molar-refractivity contribution in [2.24, 2.45) is 16.2 Å². The van der Waals surface area contributed by atoms with E-state index in [4.69, 9.17) is 0 Å². The van der Waals surface area contributed by atoms with Gasteiger partial charge in [0, 0.05) is 0 Å². The number of hydrogen-bond donors (Lipinski definition) is 0. The van der Waals surface area contributed by atoms with Crippen LogP contribution < -0.4 is 0 Å². The quantitative estimate of drug-likeness (QED) is 0.165. The molecule has 0 bridgehead atoms. The van der Waals surface area contributed by atoms with Gasteiger partial charge >= 0.3 is 0 Å². The van der Waals surface area contributed by atoms with Gasteiger partial charge < -0.3 is 0 Å². The van der Waals surface area contributed by atoms with E-state index in [2.05, 4.69) is 359 Å². The van der Waals surface area contributed by atoms with Gasteiger partial charge in [0.15, 0.2) is 0 Å². The fourth-order valence-corrected chi connectivity index (χ4v) is 15.5. The predicted octanol–water partition coefficient (Wildman–Crippen LogP) is 29.4. The zero-order valence-corrected chi connectivity index (χ0v) is 69.9. The lowest BCUT2D eigenvalue weighted by molar-refractivity contribution is 0.501. The molecule has 94 heavy (non-hydrogen) atoms. The Labute approximate surface area is 585 Å². The first-order chi connectivity index (χ1) is 42.0. The monoisotopic (exact) mass is 1280 g/mol. The van der Waals surface area contributed by atoms with Gasteiger partial charge in [-0.05, 0) is 347 Å². The number of rotatable bonds is 0. The van der Waals surface area contributed by atoms with Gasteiger partial charge in [-0.2, -0.15) is 0 Å². The largest absolute Gasteiger partial charge is 0.0952 e. The SMILES string of the molecule is C=C1CC(C)=C(C)C(C)=C1C(C)(C)C.C=C1CC(C)=C(C)C=C1C(C)(C)C.C=C1CC(C)=CC(C)=C1C(C)(C)C.Cc1cc(C)c(C(C)(C)C)c(C)c1.Cc1cc(C)c(C(C)(C)C)c(C)c1C.Cc1cc(C)c(C(C)(C)C)c(C)c1C.Cc1cc(C)c(C(C)(C)C)cc1C. The lowest BCUT2D eigenvalue weighted by atomic mass is 9.73. The first-order valence-corrected chi connectivity index (χ1v) is 35.6. The summed E-state index contributed by atoms with van der Waals surface area (Å²) in [5, 5.41) is 0. The van der Waals surface area contributed by atoms with Gasteiger partial charge in [-0.3, -0.25) is 0 Å². The zero-order valence-electron chi connectivity index (χ0n) is 69.9. The van der Waals surface area contributed by atoms with E-state index in [1.807, 2.05) is 0 Å². The molecule has 0 radical (unpaired) electrons. The van der Waals surface area contributed by atoms with Gasteiger partial charge in [-0.1, -0.05) is 242 Å². The van der Waals surface area contributed by atoms with E-state index in [0.29, 0.717) is 0 Å². The van der Waals surface area contributed by atoms with E-state index in [-0.39, 0.29) is 37.9 Å². The summed E-state index contributed by atoms with van der Waals surface area (Å²) >= 11 is 0. The fraction of sp³-hybridized carbons (Fsp3) is 0.553. The van der Waals surface area contributed by atoms with Crippen LogP contribution in [0, 0.1) is 113 Å². The van der Waals surface area contributed by atoms with Gasteiger partial charge in [0.05, 0.1) is 0 Å². The van der Waals surface area contributed by atoms with E-state index < -0.39 is 0 Å². The van der Waals surface area contributed by atoms with Crippen LogP contribution in [-0.4, -0.2) is 0 Å². The van der Waals surface area contributed by atoms with Gasteiger partial charge in [0.25, 0.3) is 0 Å². The summed E-state index contributed by atoms with van der Waals surface area (Å²) in [6.45, 7) is 107. The molecule has 0 N–H and O–H groups in total. The molecule has 3 aliphatic carbocycles. The normalized spacial score (nSPS) is 15.0. The highest BCUT2D eigenvalue weighted by Gasteiger charge is 2.28. The molecule has 0 aliphatic heterocycles. The van der Waals surface area contributed by atoms with Crippen LogP contribution in [0.5, 0.6) is 0 Å². The third-order valence-corrected chi connectivity index (χ3v) is 19.6. The second-order valence-corrected chi connectivity index (χ2v) is 36.4. The van der Waals surface area contributed by atoms with E-state index in [9.17, 15) is 0 Å². The Hall–Kier alpha value is -5.46. The van der Waals surface area contributed by atoms with Crippen LogP contribution in [0.1, 0.15) is 313 Å². The van der Waals surface area contributed by atoms with Crippen LogP contribution in [0.25, 0.3) is 0 Å². The third-order valence-electron chi connectivity index (χ3n) is 19.6. The number of allylic oxidation sites excluding steroid dienone is 15. The molecule has 7 rings (SSSR count). The molecule has 4 aromatic rings. The van der Waals surface area contributed by atoms with Gasteiger partial charge in [-0.25, -0.2) is 0 Å². The Bertz CT molecular complexity index is 3490. The van der Waals surface area contributed by atoms with Crippen molar-refractivity contribution < 1.29 is 0 Å². The standard InChI is InChI=1S/3C14H22.4C13H20/c3*1-9-8-10(2)13(14(5,6)7)12(4)11(9)3;2*1-9-7-11(3)12(8-10(9)2)13(4,5)6;2*1-9-7-10(2)12(11(3)8-9)13(4,5)6/h2*8H,1-7H3;2,8H2,1,3-7H3;7-8H,1-6H3;8H,3,7H2,1-2,4-6H3;7-8H,1-6H3;8H,2,7H2,1,3-6H3. The van der Waals surface area contributed by atoms with Crippen molar-refractivity contribution in [2.75, 3.05) is 0 Å². The molecule has 0 spiro atoms. The molecule has 3 aliphatic rings. The van der Waals surface area contributed by atoms with Gasteiger partial charge in [0.2, 0.25) is 0 Å². The second-order valence-electron chi connectivity index (χ2n) is 36.4. The van der Waals surface area contributed by atoms with Crippen LogP contribution in [0.4, 0.5) is 0 Å². The Kier molecular flexibility index (Phi) is 30.6. The minimum absolute atomic E-state index is 0.225. The molecule has 4 aromatic carbocycles. The average molecular weight is 1280 g/mol. The topological polar surface area (TPSA) is 0 Å². The highest BCUT2D eigenvalue weighted by Crippen LogP contribution is 2.44. The van der Waals surface area contributed by atoms with Gasteiger partial charge in [0.1, 0.15) is 0 Å². The minimum atomic E-state index is 0.225. The van der Waals surface area contributed by atoms with Crippen LogP contribution in [0.15, 0.2) is 141 Å². The predicted molar refractivity (Wildman–Crippen MR) is 431 cm³/mol. The Morgan fingerprint density at radius 2 is 0.617 bits per heavy atom. The maximum absolute atomic E-state index is 4.21. The molecule has 0 atom stereocenters. The summed E-state index contributed by atoms with van der Waals surface area (Å²) in [4.78, 5) is 0. The summed E-state index contributed by atoms with van der Waals surface area (Å²) in [5.74, 6) is 0. The molecule has 0 saturated carbocycles. The minimum Gasteiger partial charge on any atom is -0.0952 e. The molecule has 0 heteroatoms. The highest BCUT2D eigenvalue weighted by atomic mass is 14.3. The van der Waals surface area contributed by atoms with Gasteiger partial charge in [-0.15, -0.1) is 0 Å². The molecule has 0 heterocycles. The Balaban J connectivity index is 0.000000548. The summed E-state index contributed by atoms with van der Waals surface area (Å²) < 4.78 is 0. The number of benzene rings is 4. The molecular weight excluding hydrogens is 1130 g/mol. The molecular formula is C94H146. The van der Waals surface area contributed by atoms with Crippen molar-refractivity contribution in [2.45, 2.75) is 332 Å². The first-order valence-electron chi connectivity index (χ1n) is 35.6. The molecule has 0 amide bonds. The summed E-state index contributed by atoms with van der Waals surface area (Å²) in [5.41, 5.74) is 45.9. The summed E-state index contributed by atoms with van der Waals surface area (Å²) in [7, 11) is 0. The summed E-state index contributed by atoms with van der Waals surface area (Å²) in [6.07, 6.45) is 7.73. The fourth-order valence-electron chi connectivity index (χ4n) is 15.5. The smallest absolute Gasteiger partial charge is 0.00669 e. The van der Waals surface area contributed by atoms with E-state index in [0.717, 1.165) is 19.3 Å². The molecule has 0 saturated heterocycles. The van der Waals surface area contributed by atoms with Crippen LogP contribution in [0.3, 0.4) is 0 Å². The second kappa shape index (κ2) is 33.2. The maximum Gasteiger partial charge on any atom is -0.00669 e. The lowest BCUT2D eigenvalue weighted by Crippen LogP contribution is -2.17. The van der Waals surface area contributed by atoms with Crippen molar-refractivity contribution in [3.63, 3.8) is 0 Å². The first kappa shape index (κ1) is 86.6. The van der Waals surface area contributed by atoms with E-state index in [1.165, 1.54) is 173 Å². The van der Waals surface area contributed by atoms with E-state index in [1.54, 1.807) is 0 Å². The maximum atomic E-state index is 4.21. The van der Waals surface area contributed by atoms with Crippen molar-refractivity contribution in [1.82, 2.24) is 0 Å². The zero-order chi connectivity index (χ0) is 74.2. The average Bonchev–Trinajstić information content (AvgIpc) is 0.826. The molecule has 0 nitrogen and oxygen atoms in total. The van der Waals surface area contributed by atoms with Crippen molar-refractivity contribution in [3.8, 4) is 0 Å². The third kappa shape index (κ3) is 24.6. The Morgan fingerprint density at radius 3 is 0.968 bits per heavy atom. The highest BCUT2D eigenvalue weighted by molar-refractivity contribution is 5.54. The van der Waals surface area contributed by atoms with Crippen LogP contribution >= 0.6 is 0 Å². The van der Waals surface area contributed by atoms with Crippen molar-refractivity contribution in [3.05, 3.63) is 241 Å².